The van der Waals surface area contributed by atoms with Crippen LogP contribution >= 0.6 is 0 Å². The summed E-state index contributed by atoms with van der Waals surface area (Å²) in [6.07, 6.45) is 0. The predicted molar refractivity (Wildman–Crippen MR) is 121 cm³/mol. The van der Waals surface area contributed by atoms with Crippen LogP contribution in [0, 0.1) is 25.5 Å². The zero-order valence-electron chi connectivity index (χ0n) is 18.5. The summed E-state index contributed by atoms with van der Waals surface area (Å²) < 4.78 is 55.3. The third-order valence-electron chi connectivity index (χ3n) is 5.97. The number of nitrogens with zero attached hydrogens (tertiary/aromatic N) is 3. The van der Waals surface area contributed by atoms with E-state index in [9.17, 15) is 22.0 Å². The first-order valence-corrected chi connectivity index (χ1v) is 12.1. The number of rotatable bonds is 6. The number of aryl methyl sites for hydroxylation is 1. The minimum atomic E-state index is -3.70. The molecule has 3 aromatic rings. The van der Waals surface area contributed by atoms with Gasteiger partial charge in [-0.1, -0.05) is 0 Å². The number of sulfonamides is 1. The van der Waals surface area contributed by atoms with E-state index >= 15 is 0 Å². The number of piperazine rings is 1. The molecule has 1 saturated heterocycles. The highest BCUT2D eigenvalue weighted by molar-refractivity contribution is 7.89. The average Bonchev–Trinajstić information content (AvgIpc) is 3.09. The molecule has 1 aliphatic rings. The van der Waals surface area contributed by atoms with Gasteiger partial charge in [-0.3, -0.25) is 9.69 Å². The molecule has 6 nitrogen and oxygen atoms in total. The van der Waals surface area contributed by atoms with Crippen molar-refractivity contribution < 1.29 is 22.0 Å². The van der Waals surface area contributed by atoms with Gasteiger partial charge in [-0.25, -0.2) is 17.2 Å². The lowest BCUT2D eigenvalue weighted by atomic mass is 10.1. The van der Waals surface area contributed by atoms with E-state index in [2.05, 4.69) is 0 Å². The summed E-state index contributed by atoms with van der Waals surface area (Å²) in [5.74, 6) is -0.861. The molecule has 0 unspecified atom stereocenters. The van der Waals surface area contributed by atoms with E-state index in [1.165, 1.54) is 28.6 Å². The van der Waals surface area contributed by atoms with Crippen LogP contribution < -0.4 is 0 Å². The van der Waals surface area contributed by atoms with Crippen LogP contribution in [0.15, 0.2) is 59.5 Å². The molecule has 33 heavy (non-hydrogen) atoms. The lowest BCUT2D eigenvalue weighted by Gasteiger charge is -2.33. The Morgan fingerprint density at radius 3 is 2.00 bits per heavy atom. The number of Topliss-reactive ketones (excluding diaryl/α,β-unsaturated/α-hetero) is 1. The smallest absolute Gasteiger partial charge is 0.243 e. The predicted octanol–water partition coefficient (Wildman–Crippen LogP) is 3.56. The number of halogens is 2. The fraction of sp³-hybridized carbons (Fsp3) is 0.292. The molecule has 0 spiro atoms. The van der Waals surface area contributed by atoms with E-state index in [-0.39, 0.29) is 36.1 Å². The molecule has 0 bridgehead atoms. The Morgan fingerprint density at radius 1 is 0.879 bits per heavy atom. The molecule has 2 heterocycles. The van der Waals surface area contributed by atoms with Gasteiger partial charge in [-0.2, -0.15) is 4.31 Å². The Morgan fingerprint density at radius 2 is 1.42 bits per heavy atom. The molecule has 2 aromatic carbocycles. The van der Waals surface area contributed by atoms with E-state index in [1.54, 1.807) is 12.1 Å². The first-order valence-electron chi connectivity index (χ1n) is 10.6. The number of carbonyl (C=O) groups excluding carboxylic acids is 1. The summed E-state index contributed by atoms with van der Waals surface area (Å²) >= 11 is 0. The summed E-state index contributed by atoms with van der Waals surface area (Å²) in [7, 11) is -3.70. The van der Waals surface area contributed by atoms with E-state index in [1.807, 2.05) is 29.4 Å². The highest BCUT2D eigenvalue weighted by Crippen LogP contribution is 2.23. The van der Waals surface area contributed by atoms with Crippen LogP contribution in [0.5, 0.6) is 0 Å². The fourth-order valence-electron chi connectivity index (χ4n) is 4.20. The molecule has 0 N–H and O–H groups in total. The highest BCUT2D eigenvalue weighted by atomic mass is 32.2. The van der Waals surface area contributed by atoms with Crippen molar-refractivity contribution in [2.24, 2.45) is 0 Å². The zero-order valence-corrected chi connectivity index (χ0v) is 19.3. The van der Waals surface area contributed by atoms with Crippen LogP contribution in [0.2, 0.25) is 0 Å². The molecule has 1 fully saturated rings. The molecule has 4 rings (SSSR count). The van der Waals surface area contributed by atoms with E-state index in [0.29, 0.717) is 18.7 Å². The molecule has 0 aliphatic carbocycles. The van der Waals surface area contributed by atoms with Crippen molar-refractivity contribution in [1.82, 2.24) is 13.8 Å². The molecule has 174 valence electrons. The van der Waals surface area contributed by atoms with Crippen molar-refractivity contribution in [2.75, 3.05) is 32.7 Å². The summed E-state index contributed by atoms with van der Waals surface area (Å²) in [6, 6.07) is 12.7. The van der Waals surface area contributed by atoms with Gasteiger partial charge in [0.2, 0.25) is 10.0 Å². The van der Waals surface area contributed by atoms with Crippen LogP contribution in [0.4, 0.5) is 8.78 Å². The normalized spacial score (nSPS) is 15.6. The second kappa shape index (κ2) is 9.17. The summed E-state index contributed by atoms with van der Waals surface area (Å²) in [4.78, 5) is 15.0. The van der Waals surface area contributed by atoms with Crippen molar-refractivity contribution in [3.05, 3.63) is 83.2 Å². The molecular formula is C24H25F2N3O3S. The van der Waals surface area contributed by atoms with Crippen molar-refractivity contribution in [2.45, 2.75) is 18.7 Å². The summed E-state index contributed by atoms with van der Waals surface area (Å²) in [5.41, 5.74) is 3.03. The topological polar surface area (TPSA) is 62.6 Å². The van der Waals surface area contributed by atoms with Crippen molar-refractivity contribution >= 4 is 15.8 Å². The maximum absolute atomic E-state index is 13.3. The maximum Gasteiger partial charge on any atom is 0.243 e. The Labute approximate surface area is 192 Å². The molecule has 0 atom stereocenters. The second-order valence-corrected chi connectivity index (χ2v) is 10.1. The first-order chi connectivity index (χ1) is 15.7. The maximum atomic E-state index is 13.3. The van der Waals surface area contributed by atoms with Crippen LogP contribution in [-0.4, -0.2) is 60.7 Å². The Hall–Kier alpha value is -2.88. The molecule has 0 saturated carbocycles. The molecule has 1 aromatic heterocycles. The largest absolute Gasteiger partial charge is 0.318 e. The average molecular weight is 474 g/mol. The van der Waals surface area contributed by atoms with Crippen LogP contribution in [0.3, 0.4) is 0 Å². The SMILES string of the molecule is Cc1cc(C(=O)CN2CCN(S(=O)(=O)c3ccc(F)cc3)CC2)c(C)n1-c1ccc(F)cc1. The summed E-state index contributed by atoms with van der Waals surface area (Å²) in [5, 5.41) is 0. The number of hydrogen-bond acceptors (Lipinski definition) is 4. The van der Waals surface area contributed by atoms with Crippen molar-refractivity contribution in [1.29, 1.82) is 0 Å². The lowest BCUT2D eigenvalue weighted by Crippen LogP contribution is -2.49. The lowest BCUT2D eigenvalue weighted by molar-refractivity contribution is 0.0901. The quantitative estimate of drug-likeness (QED) is 0.514. The molecular weight excluding hydrogens is 448 g/mol. The number of hydrogen-bond donors (Lipinski definition) is 0. The van der Waals surface area contributed by atoms with Gasteiger partial charge in [0.25, 0.3) is 0 Å². The van der Waals surface area contributed by atoms with E-state index in [0.717, 1.165) is 29.2 Å². The molecule has 9 heteroatoms. The van der Waals surface area contributed by atoms with Gasteiger partial charge in [-0.15, -0.1) is 0 Å². The van der Waals surface area contributed by atoms with Gasteiger partial charge in [0, 0.05) is 48.8 Å². The van der Waals surface area contributed by atoms with E-state index < -0.39 is 15.8 Å². The highest BCUT2D eigenvalue weighted by Gasteiger charge is 2.29. The standard InChI is InChI=1S/C24H25F2N3O3S/c1-17-15-23(18(2)29(17)21-7-3-19(25)4-8-21)24(30)16-27-11-13-28(14-12-27)33(31,32)22-9-5-20(26)6-10-22/h3-10,15H,11-14,16H2,1-2H3. The van der Waals surface area contributed by atoms with Crippen LogP contribution in [0.25, 0.3) is 5.69 Å². The van der Waals surface area contributed by atoms with Gasteiger partial charge in [0.1, 0.15) is 11.6 Å². The molecule has 0 radical (unpaired) electrons. The fourth-order valence-corrected chi connectivity index (χ4v) is 5.63. The van der Waals surface area contributed by atoms with Crippen LogP contribution in [-0.2, 0) is 10.0 Å². The number of carbonyl (C=O) groups is 1. The van der Waals surface area contributed by atoms with Crippen molar-refractivity contribution in [3.8, 4) is 5.69 Å². The third kappa shape index (κ3) is 4.75. The Bertz CT molecular complexity index is 1260. The molecule has 1 aliphatic heterocycles. The monoisotopic (exact) mass is 473 g/mol. The van der Waals surface area contributed by atoms with Gasteiger partial charge in [-0.05, 0) is 68.4 Å². The Balaban J connectivity index is 1.42. The number of ketones is 1. The third-order valence-corrected chi connectivity index (χ3v) is 7.88. The first kappa shape index (κ1) is 23.3. The Kier molecular flexibility index (Phi) is 6.47. The number of aromatic nitrogens is 1. The van der Waals surface area contributed by atoms with Gasteiger partial charge in [0.15, 0.2) is 5.78 Å². The van der Waals surface area contributed by atoms with Gasteiger partial charge in [0.05, 0.1) is 11.4 Å². The van der Waals surface area contributed by atoms with E-state index in [4.69, 9.17) is 0 Å². The summed E-state index contributed by atoms with van der Waals surface area (Å²) in [6.45, 7) is 5.27. The van der Waals surface area contributed by atoms with Gasteiger partial charge >= 0.3 is 0 Å². The van der Waals surface area contributed by atoms with Crippen LogP contribution in [0.1, 0.15) is 21.7 Å². The number of benzene rings is 2. The van der Waals surface area contributed by atoms with Gasteiger partial charge < -0.3 is 4.57 Å². The zero-order chi connectivity index (χ0) is 23.8. The minimum absolute atomic E-state index is 0.0497. The minimum Gasteiger partial charge on any atom is -0.318 e. The molecule has 0 amide bonds. The second-order valence-electron chi connectivity index (χ2n) is 8.15. The van der Waals surface area contributed by atoms with Crippen molar-refractivity contribution in [3.63, 3.8) is 0 Å².